The number of methoxy groups -OCH3 is 1. The number of fused-ring (bicyclic) bond motifs is 1. The molecule has 132 valence electrons. The summed E-state index contributed by atoms with van der Waals surface area (Å²) in [4.78, 5) is 15.6. The highest BCUT2D eigenvalue weighted by Gasteiger charge is 2.23. The number of ether oxygens (including phenoxy) is 1. The van der Waals surface area contributed by atoms with Gasteiger partial charge in [0.2, 0.25) is 21.8 Å². The molecule has 0 fully saturated rings. The molecule has 0 saturated heterocycles. The number of sulfonamides is 1. The fourth-order valence-electron chi connectivity index (χ4n) is 2.51. The van der Waals surface area contributed by atoms with Gasteiger partial charge in [0, 0.05) is 35.4 Å². The van der Waals surface area contributed by atoms with Crippen LogP contribution >= 0.6 is 15.9 Å². The highest BCUT2D eigenvalue weighted by atomic mass is 79.9. The topological polar surface area (TPSA) is 97.4 Å². The summed E-state index contributed by atoms with van der Waals surface area (Å²) in [6.07, 6.45) is 2.41. The van der Waals surface area contributed by atoms with Crippen molar-refractivity contribution in [2.75, 3.05) is 12.4 Å². The number of amides is 1. The molecule has 2 heterocycles. The smallest absolute Gasteiger partial charge is 0.242 e. The third kappa shape index (κ3) is 4.00. The summed E-state index contributed by atoms with van der Waals surface area (Å²) in [7, 11) is -2.23. The van der Waals surface area contributed by atoms with E-state index < -0.39 is 10.0 Å². The van der Waals surface area contributed by atoms with Gasteiger partial charge in [0.15, 0.2) is 0 Å². The molecule has 0 spiro atoms. The van der Waals surface area contributed by atoms with Crippen molar-refractivity contribution in [3.05, 3.63) is 46.1 Å². The fraction of sp³-hybridized carbons (Fsp3) is 0.250. The van der Waals surface area contributed by atoms with Crippen molar-refractivity contribution < 1.29 is 17.9 Å². The van der Waals surface area contributed by atoms with Gasteiger partial charge in [0.05, 0.1) is 12.0 Å². The SMILES string of the molecule is COc1cc(CNS(=O)(=O)c2cc3c(cc2Br)NC(=O)CC3)ccn1. The zero-order valence-corrected chi connectivity index (χ0v) is 15.8. The summed E-state index contributed by atoms with van der Waals surface area (Å²) in [5, 5.41) is 2.74. The minimum Gasteiger partial charge on any atom is -0.481 e. The number of benzene rings is 1. The number of nitrogens with zero attached hydrogens (tertiary/aromatic N) is 1. The molecule has 2 N–H and O–H groups in total. The average Bonchev–Trinajstić information content (AvgIpc) is 2.59. The zero-order valence-electron chi connectivity index (χ0n) is 13.4. The Kier molecular flexibility index (Phi) is 5.07. The van der Waals surface area contributed by atoms with Crippen LogP contribution in [0.4, 0.5) is 5.69 Å². The van der Waals surface area contributed by atoms with Crippen molar-refractivity contribution >= 4 is 37.5 Å². The van der Waals surface area contributed by atoms with E-state index in [1.165, 1.54) is 7.11 Å². The number of carbonyl (C=O) groups excluding carboxylic acids is 1. The molecule has 1 aliphatic rings. The van der Waals surface area contributed by atoms with E-state index in [1.807, 2.05) is 0 Å². The number of carbonyl (C=O) groups is 1. The van der Waals surface area contributed by atoms with Crippen LogP contribution in [0, 0.1) is 0 Å². The lowest BCUT2D eigenvalue weighted by atomic mass is 10.0. The van der Waals surface area contributed by atoms with Gasteiger partial charge in [0.25, 0.3) is 0 Å². The molecule has 7 nitrogen and oxygen atoms in total. The zero-order chi connectivity index (χ0) is 18.0. The van der Waals surface area contributed by atoms with Gasteiger partial charge < -0.3 is 10.1 Å². The van der Waals surface area contributed by atoms with E-state index in [0.29, 0.717) is 28.9 Å². The molecule has 1 amide bonds. The molecule has 0 radical (unpaired) electrons. The number of nitrogens with one attached hydrogen (secondary N) is 2. The monoisotopic (exact) mass is 425 g/mol. The Morgan fingerprint density at radius 3 is 2.88 bits per heavy atom. The maximum absolute atomic E-state index is 12.7. The van der Waals surface area contributed by atoms with E-state index >= 15 is 0 Å². The minimum absolute atomic E-state index is 0.0697. The highest BCUT2D eigenvalue weighted by Crippen LogP contribution is 2.32. The van der Waals surface area contributed by atoms with E-state index in [1.54, 1.807) is 30.5 Å². The fourth-order valence-corrected chi connectivity index (χ4v) is 4.62. The van der Waals surface area contributed by atoms with Crippen LogP contribution in [0.1, 0.15) is 17.5 Å². The van der Waals surface area contributed by atoms with E-state index in [2.05, 4.69) is 31.0 Å². The maximum Gasteiger partial charge on any atom is 0.242 e. The molecular formula is C16H16BrN3O4S. The van der Waals surface area contributed by atoms with Gasteiger partial charge >= 0.3 is 0 Å². The molecule has 0 atom stereocenters. The lowest BCUT2D eigenvalue weighted by Gasteiger charge is -2.19. The predicted molar refractivity (Wildman–Crippen MR) is 95.9 cm³/mol. The number of hydrogen-bond donors (Lipinski definition) is 2. The molecule has 3 rings (SSSR count). The number of pyridine rings is 1. The molecule has 1 aliphatic heterocycles. The summed E-state index contributed by atoms with van der Waals surface area (Å²) in [6, 6.07) is 6.59. The third-order valence-electron chi connectivity index (χ3n) is 3.82. The first-order valence-electron chi connectivity index (χ1n) is 7.50. The molecule has 0 bridgehead atoms. The van der Waals surface area contributed by atoms with Crippen LogP contribution in [-0.2, 0) is 27.8 Å². The second-order valence-corrected chi connectivity index (χ2v) is 8.11. The second-order valence-electron chi connectivity index (χ2n) is 5.52. The van der Waals surface area contributed by atoms with Crippen LogP contribution in [0.3, 0.4) is 0 Å². The first-order chi connectivity index (χ1) is 11.9. The Labute approximate surface area is 154 Å². The third-order valence-corrected chi connectivity index (χ3v) is 6.18. The number of hydrogen-bond acceptors (Lipinski definition) is 5. The summed E-state index contributed by atoms with van der Waals surface area (Å²) < 4.78 is 33.3. The van der Waals surface area contributed by atoms with Crippen LogP contribution in [0.25, 0.3) is 0 Å². The predicted octanol–water partition coefficient (Wildman–Crippen LogP) is 2.22. The molecule has 0 saturated carbocycles. The van der Waals surface area contributed by atoms with Crippen molar-refractivity contribution in [2.24, 2.45) is 0 Å². The summed E-state index contributed by atoms with van der Waals surface area (Å²) in [5.74, 6) is 0.349. The van der Waals surface area contributed by atoms with Crippen molar-refractivity contribution in [3.8, 4) is 5.88 Å². The number of rotatable bonds is 5. The number of anilines is 1. The molecule has 2 aromatic rings. The Balaban J connectivity index is 1.83. The first kappa shape index (κ1) is 17.8. The van der Waals surface area contributed by atoms with E-state index in [-0.39, 0.29) is 17.3 Å². The quantitative estimate of drug-likeness (QED) is 0.764. The largest absolute Gasteiger partial charge is 0.481 e. The second kappa shape index (κ2) is 7.11. The van der Waals surface area contributed by atoms with Crippen molar-refractivity contribution in [1.29, 1.82) is 0 Å². The van der Waals surface area contributed by atoms with Gasteiger partial charge in [-0.3, -0.25) is 4.79 Å². The number of halogens is 1. The molecule has 1 aromatic heterocycles. The van der Waals surface area contributed by atoms with E-state index in [9.17, 15) is 13.2 Å². The minimum atomic E-state index is -3.73. The van der Waals surface area contributed by atoms with Gasteiger partial charge in [-0.15, -0.1) is 0 Å². The van der Waals surface area contributed by atoms with Crippen molar-refractivity contribution in [1.82, 2.24) is 9.71 Å². The van der Waals surface area contributed by atoms with Gasteiger partial charge in [-0.05, 0) is 51.7 Å². The van der Waals surface area contributed by atoms with Crippen LogP contribution < -0.4 is 14.8 Å². The van der Waals surface area contributed by atoms with Crippen molar-refractivity contribution in [2.45, 2.75) is 24.3 Å². The molecule has 0 unspecified atom stereocenters. The van der Waals surface area contributed by atoms with E-state index in [0.717, 1.165) is 11.1 Å². The van der Waals surface area contributed by atoms with Crippen LogP contribution in [0.5, 0.6) is 5.88 Å². The van der Waals surface area contributed by atoms with Crippen LogP contribution in [0.15, 0.2) is 39.8 Å². The lowest BCUT2D eigenvalue weighted by Crippen LogP contribution is -2.25. The number of aryl methyl sites for hydroxylation is 1. The molecule has 9 heteroatoms. The molecule has 25 heavy (non-hydrogen) atoms. The van der Waals surface area contributed by atoms with Crippen LogP contribution in [-0.4, -0.2) is 26.4 Å². The van der Waals surface area contributed by atoms with Crippen molar-refractivity contribution in [3.63, 3.8) is 0 Å². The molecule has 1 aromatic carbocycles. The Hall–Kier alpha value is -1.97. The Morgan fingerprint density at radius 1 is 1.32 bits per heavy atom. The van der Waals surface area contributed by atoms with Gasteiger partial charge in [-0.2, -0.15) is 0 Å². The Bertz CT molecular complexity index is 931. The lowest BCUT2D eigenvalue weighted by molar-refractivity contribution is -0.116. The summed E-state index contributed by atoms with van der Waals surface area (Å²) in [5.41, 5.74) is 2.17. The normalized spacial score (nSPS) is 13.9. The van der Waals surface area contributed by atoms with Crippen LogP contribution in [0.2, 0.25) is 0 Å². The number of aromatic nitrogens is 1. The van der Waals surface area contributed by atoms with Gasteiger partial charge in [-0.1, -0.05) is 0 Å². The summed E-state index contributed by atoms with van der Waals surface area (Å²) >= 11 is 3.28. The summed E-state index contributed by atoms with van der Waals surface area (Å²) in [6.45, 7) is 0.113. The van der Waals surface area contributed by atoms with Gasteiger partial charge in [0.1, 0.15) is 0 Å². The standard InChI is InChI=1S/C16H16BrN3O4S/c1-24-16-6-10(4-5-18-16)9-19-25(22,23)14-7-11-2-3-15(21)20-13(11)8-12(14)17/h4-8,19H,2-3,9H2,1H3,(H,20,21). The molecular weight excluding hydrogens is 410 g/mol. The first-order valence-corrected chi connectivity index (χ1v) is 9.77. The molecule has 0 aliphatic carbocycles. The average molecular weight is 426 g/mol. The highest BCUT2D eigenvalue weighted by molar-refractivity contribution is 9.10. The van der Waals surface area contributed by atoms with Gasteiger partial charge in [-0.25, -0.2) is 18.1 Å². The Morgan fingerprint density at radius 2 is 2.12 bits per heavy atom. The van der Waals surface area contributed by atoms with E-state index in [4.69, 9.17) is 4.74 Å². The maximum atomic E-state index is 12.7.